The van der Waals surface area contributed by atoms with E-state index >= 15 is 0 Å². The lowest BCUT2D eigenvalue weighted by Crippen LogP contribution is -2.60. The molecule has 10 atom stereocenters. The van der Waals surface area contributed by atoms with Crippen molar-refractivity contribution in [2.75, 3.05) is 18.6 Å². The molecule has 0 aliphatic rings. The minimum Gasteiger partial charge on any atom is -0.481 e. The van der Waals surface area contributed by atoms with Gasteiger partial charge in [0.2, 0.25) is 47.3 Å². The SMILES string of the molecule is CC[C@H](C)[C@H](NC(=O)[C@@H](N)CCC(N)=O)C(=O)N[C@@H](CC(=O)O)C(=O)N[C@@H](CC(C)C)[C@@H](O)CN[C@@H](CCSC)C(=O)N[C@H](C(=O)N[C@@H](CC(C)C)C(=O)N[C@@H](CC(=O)O)C(N)=O)C(C)C. The predicted octanol–water partition coefficient (Wildman–Crippen LogP) is -2.21. The first-order valence-electron chi connectivity index (χ1n) is 22.1. The number of carboxylic acid groups (broad SMARTS) is 2. The lowest BCUT2D eigenvalue weighted by Gasteiger charge is -2.31. The van der Waals surface area contributed by atoms with E-state index in [2.05, 4.69) is 37.2 Å². The van der Waals surface area contributed by atoms with Gasteiger partial charge in [0.15, 0.2) is 0 Å². The average molecular weight is 961 g/mol. The molecule has 0 radical (unpaired) electrons. The number of rotatable bonds is 34. The Morgan fingerprint density at radius 2 is 1.08 bits per heavy atom. The summed E-state index contributed by atoms with van der Waals surface area (Å²) in [7, 11) is 0. The van der Waals surface area contributed by atoms with E-state index in [1.807, 2.05) is 20.1 Å². The van der Waals surface area contributed by atoms with Crippen molar-refractivity contribution in [3.63, 3.8) is 0 Å². The molecule has 0 bridgehead atoms. The number of aliphatic carboxylic acids is 2. The Morgan fingerprint density at radius 3 is 1.56 bits per heavy atom. The molecule has 0 saturated carbocycles. The normalized spacial score (nSPS) is 16.0. The van der Waals surface area contributed by atoms with Crippen LogP contribution in [0.3, 0.4) is 0 Å². The zero-order chi connectivity index (χ0) is 51.0. The molecule has 0 fully saturated rings. The number of nitrogens with one attached hydrogen (secondary N) is 7. The summed E-state index contributed by atoms with van der Waals surface area (Å²) < 4.78 is 0. The monoisotopic (exact) mass is 961 g/mol. The van der Waals surface area contributed by atoms with Crippen molar-refractivity contribution in [1.29, 1.82) is 0 Å². The van der Waals surface area contributed by atoms with Crippen LogP contribution in [0.4, 0.5) is 0 Å². The second kappa shape index (κ2) is 31.0. The molecule has 0 saturated heterocycles. The van der Waals surface area contributed by atoms with Gasteiger partial charge in [-0.2, -0.15) is 11.8 Å². The van der Waals surface area contributed by atoms with E-state index in [0.717, 1.165) is 0 Å². The van der Waals surface area contributed by atoms with Gasteiger partial charge < -0.3 is 69.7 Å². The number of aliphatic hydroxyl groups excluding tert-OH is 1. The van der Waals surface area contributed by atoms with Crippen molar-refractivity contribution in [2.24, 2.45) is 40.9 Å². The maximum atomic E-state index is 13.9. The lowest BCUT2D eigenvalue weighted by molar-refractivity contribution is -0.141. The van der Waals surface area contributed by atoms with Gasteiger partial charge in [-0.1, -0.05) is 61.8 Å². The highest BCUT2D eigenvalue weighted by atomic mass is 32.2. The van der Waals surface area contributed by atoms with Gasteiger partial charge in [0.05, 0.1) is 37.1 Å². The summed E-state index contributed by atoms with van der Waals surface area (Å²) in [4.78, 5) is 127. The van der Waals surface area contributed by atoms with Gasteiger partial charge in [0.1, 0.15) is 30.2 Å². The van der Waals surface area contributed by atoms with E-state index in [-0.39, 0.29) is 50.5 Å². The summed E-state index contributed by atoms with van der Waals surface area (Å²) in [5.41, 5.74) is 16.3. The Morgan fingerprint density at radius 1 is 0.591 bits per heavy atom. The summed E-state index contributed by atoms with van der Waals surface area (Å²) in [5, 5.41) is 48.6. The van der Waals surface area contributed by atoms with Crippen molar-refractivity contribution >= 4 is 71.0 Å². The number of carboxylic acids is 2. The maximum Gasteiger partial charge on any atom is 0.305 e. The molecular formula is C42H76N10O13S. The fraction of sp³-hybridized carbons (Fsp3) is 0.762. The molecule has 0 heterocycles. The van der Waals surface area contributed by atoms with Crippen LogP contribution < -0.4 is 54.4 Å². The van der Waals surface area contributed by atoms with E-state index < -0.39 is 138 Å². The molecule has 66 heavy (non-hydrogen) atoms. The van der Waals surface area contributed by atoms with Crippen LogP contribution in [0.1, 0.15) is 107 Å². The van der Waals surface area contributed by atoms with Crippen LogP contribution in [0.2, 0.25) is 0 Å². The van der Waals surface area contributed by atoms with Crippen LogP contribution in [-0.4, -0.2) is 148 Å². The number of hydrogen-bond donors (Lipinski definition) is 13. The lowest BCUT2D eigenvalue weighted by atomic mass is 9.96. The second-order valence-electron chi connectivity index (χ2n) is 17.7. The zero-order valence-corrected chi connectivity index (χ0v) is 40.5. The van der Waals surface area contributed by atoms with Gasteiger partial charge in [-0.25, -0.2) is 0 Å². The number of hydrogen-bond acceptors (Lipinski definition) is 14. The van der Waals surface area contributed by atoms with E-state index in [1.54, 1.807) is 41.5 Å². The third-order valence-corrected chi connectivity index (χ3v) is 11.1. The van der Waals surface area contributed by atoms with Gasteiger partial charge >= 0.3 is 11.9 Å². The van der Waals surface area contributed by atoms with Crippen LogP contribution in [0.5, 0.6) is 0 Å². The molecule has 0 rings (SSSR count). The molecule has 0 unspecified atom stereocenters. The van der Waals surface area contributed by atoms with Gasteiger partial charge in [-0.15, -0.1) is 0 Å². The summed E-state index contributed by atoms with van der Waals surface area (Å²) in [6.07, 6.45) is -0.583. The average Bonchev–Trinajstić information content (AvgIpc) is 3.21. The Kier molecular flexibility index (Phi) is 28.6. The molecule has 24 heteroatoms. The molecule has 16 N–H and O–H groups in total. The van der Waals surface area contributed by atoms with Crippen molar-refractivity contribution in [3.8, 4) is 0 Å². The van der Waals surface area contributed by atoms with E-state index in [0.29, 0.717) is 12.2 Å². The molecule has 0 aromatic rings. The number of carbonyl (C=O) groups is 10. The molecule has 0 aliphatic carbocycles. The van der Waals surface area contributed by atoms with Crippen LogP contribution in [0, 0.1) is 23.7 Å². The molecule has 378 valence electrons. The largest absolute Gasteiger partial charge is 0.481 e. The van der Waals surface area contributed by atoms with Crippen LogP contribution >= 0.6 is 11.8 Å². The van der Waals surface area contributed by atoms with E-state index in [1.165, 1.54) is 11.8 Å². The van der Waals surface area contributed by atoms with Gasteiger partial charge in [-0.3, -0.25) is 47.9 Å². The highest BCUT2D eigenvalue weighted by Gasteiger charge is 2.36. The molecule has 8 amide bonds. The number of aliphatic hydroxyl groups is 1. The van der Waals surface area contributed by atoms with Crippen molar-refractivity contribution in [3.05, 3.63) is 0 Å². The van der Waals surface area contributed by atoms with Crippen LogP contribution in [-0.2, 0) is 47.9 Å². The first kappa shape index (κ1) is 60.9. The number of nitrogens with two attached hydrogens (primary N) is 3. The van der Waals surface area contributed by atoms with Crippen molar-refractivity contribution in [2.45, 2.75) is 161 Å². The summed E-state index contributed by atoms with van der Waals surface area (Å²) in [6.45, 7) is 13.6. The minimum absolute atomic E-state index is 0.0880. The van der Waals surface area contributed by atoms with Gasteiger partial charge in [0, 0.05) is 13.0 Å². The summed E-state index contributed by atoms with van der Waals surface area (Å²) in [6, 6.07) is -10.1. The number of carbonyl (C=O) groups excluding carboxylic acids is 8. The second-order valence-corrected chi connectivity index (χ2v) is 18.7. The van der Waals surface area contributed by atoms with E-state index in [4.69, 9.17) is 22.3 Å². The Balaban J connectivity index is 6.30. The first-order valence-corrected chi connectivity index (χ1v) is 23.5. The van der Waals surface area contributed by atoms with Crippen molar-refractivity contribution in [1.82, 2.24) is 37.2 Å². The topological polar surface area (TPSA) is 394 Å². The summed E-state index contributed by atoms with van der Waals surface area (Å²) in [5.74, 6) is -10.2. The Bertz CT molecular complexity index is 1650. The number of primary amides is 2. The smallest absolute Gasteiger partial charge is 0.305 e. The van der Waals surface area contributed by atoms with Crippen molar-refractivity contribution < 1.29 is 63.3 Å². The third kappa shape index (κ3) is 23.9. The number of amides is 8. The molecule has 0 aliphatic heterocycles. The Hall–Kier alpha value is -5.07. The minimum atomic E-state index is -1.66. The standard InChI is InChI=1S/C42H76N10O13S/c1-10-23(8)35(52-37(60)24(43)11-12-31(44)54)42(65)50-29(18-33(57)58)40(63)47-26(15-20(2)3)30(53)19-46-25(13-14-66-9)38(61)51-34(22(6)7)41(64)49-28(16-21(4)5)39(62)48-27(36(45)59)17-32(55)56/h20-30,34-35,46,53H,10-19,43H2,1-9H3,(H2,44,54)(H2,45,59)(H,47,63)(H,48,62)(H,49,64)(H,50,65)(H,51,61)(H,52,60)(H,55,56)(H,57,58)/t23-,24-,25-,26-,27-,28-,29-,30-,34-,35-/m0/s1. The molecule has 0 aromatic carbocycles. The molecule has 0 aromatic heterocycles. The number of thioether (sulfide) groups is 1. The Labute approximate surface area is 391 Å². The summed E-state index contributed by atoms with van der Waals surface area (Å²) >= 11 is 1.43. The van der Waals surface area contributed by atoms with E-state index in [9.17, 15) is 58.2 Å². The highest BCUT2D eigenvalue weighted by Crippen LogP contribution is 2.14. The maximum absolute atomic E-state index is 13.9. The van der Waals surface area contributed by atoms with Crippen LogP contribution in [0.15, 0.2) is 0 Å². The van der Waals surface area contributed by atoms with Gasteiger partial charge in [0.25, 0.3) is 0 Å². The third-order valence-electron chi connectivity index (χ3n) is 10.5. The van der Waals surface area contributed by atoms with Crippen LogP contribution in [0.25, 0.3) is 0 Å². The fourth-order valence-electron chi connectivity index (χ4n) is 6.53. The molecule has 23 nitrogen and oxygen atoms in total. The molecular weight excluding hydrogens is 885 g/mol. The zero-order valence-electron chi connectivity index (χ0n) is 39.6. The fourth-order valence-corrected chi connectivity index (χ4v) is 7.00. The van der Waals surface area contributed by atoms with Gasteiger partial charge in [-0.05, 0) is 61.4 Å². The first-order chi connectivity index (χ1) is 30.6. The highest BCUT2D eigenvalue weighted by molar-refractivity contribution is 7.98. The molecule has 0 spiro atoms. The predicted molar refractivity (Wildman–Crippen MR) is 246 cm³/mol. The quantitative estimate of drug-likeness (QED) is 0.0325.